The second kappa shape index (κ2) is 6.06. The minimum absolute atomic E-state index is 0.0325. The number of aryl methyl sites for hydroxylation is 1. The molecule has 0 amide bonds. The quantitative estimate of drug-likeness (QED) is 0.631. The van der Waals surface area contributed by atoms with Gasteiger partial charge in [-0.3, -0.25) is 9.36 Å². The molecule has 2 aliphatic carbocycles. The van der Waals surface area contributed by atoms with E-state index in [1.807, 2.05) is 4.90 Å². The van der Waals surface area contributed by atoms with Gasteiger partial charge in [0.1, 0.15) is 5.82 Å². The van der Waals surface area contributed by atoms with Crippen LogP contribution < -0.4 is 22.0 Å². The fourth-order valence-electron chi connectivity index (χ4n) is 5.49. The lowest BCUT2D eigenvalue weighted by atomic mass is 9.89. The molecule has 3 fully saturated rings. The van der Waals surface area contributed by atoms with Gasteiger partial charge in [-0.05, 0) is 44.6 Å². The summed E-state index contributed by atoms with van der Waals surface area (Å²) in [6.45, 7) is 2.41. The number of hydrogen-bond acceptors (Lipinski definition) is 6. The van der Waals surface area contributed by atoms with Crippen molar-refractivity contribution in [3.05, 3.63) is 38.3 Å². The van der Waals surface area contributed by atoms with E-state index < -0.39 is 22.7 Å². The Hall–Kier alpha value is -2.39. The van der Waals surface area contributed by atoms with Crippen LogP contribution in [-0.2, 0) is 0 Å². The minimum Gasteiger partial charge on any atom is -0.393 e. The molecule has 2 saturated carbocycles. The van der Waals surface area contributed by atoms with Crippen molar-refractivity contribution in [1.82, 2.24) is 9.24 Å². The summed E-state index contributed by atoms with van der Waals surface area (Å²) in [6, 6.07) is 1.14. The lowest BCUT2D eigenvalue weighted by Gasteiger charge is -2.29. The average molecular weight is 404 g/mol. The van der Waals surface area contributed by atoms with Crippen molar-refractivity contribution in [3.8, 4) is 0 Å². The Morgan fingerprint density at radius 1 is 1.28 bits per heavy atom. The van der Waals surface area contributed by atoms with Gasteiger partial charge in [-0.25, -0.2) is 9.18 Å². The predicted octanol–water partition coefficient (Wildman–Crippen LogP) is 0.229. The highest BCUT2D eigenvalue weighted by molar-refractivity contribution is 5.87. The van der Waals surface area contributed by atoms with Crippen LogP contribution in [0.2, 0.25) is 0 Å². The zero-order valence-electron chi connectivity index (χ0n) is 16.3. The van der Waals surface area contributed by atoms with Crippen LogP contribution in [0, 0.1) is 24.6 Å². The van der Waals surface area contributed by atoms with Crippen molar-refractivity contribution in [2.45, 2.75) is 44.2 Å². The Balaban J connectivity index is 1.69. The minimum atomic E-state index is -1.13. The number of aliphatic hydroxyl groups excluding tert-OH is 1. The molecule has 1 saturated heterocycles. The second-order valence-corrected chi connectivity index (χ2v) is 8.86. The molecule has 5 rings (SSSR count). The number of fused-ring (bicyclic) bond motifs is 2. The maximum absolute atomic E-state index is 15.2. The van der Waals surface area contributed by atoms with Crippen LogP contribution in [0.4, 0.5) is 10.1 Å². The van der Waals surface area contributed by atoms with Crippen LogP contribution in [0.5, 0.6) is 0 Å². The van der Waals surface area contributed by atoms with Gasteiger partial charge >= 0.3 is 5.69 Å². The summed E-state index contributed by atoms with van der Waals surface area (Å²) in [7, 11) is 0. The Kier molecular flexibility index (Phi) is 3.89. The molecule has 0 radical (unpaired) electrons. The van der Waals surface area contributed by atoms with Gasteiger partial charge in [0.15, 0.2) is 0 Å². The van der Waals surface area contributed by atoms with Gasteiger partial charge in [0.05, 0.1) is 28.8 Å². The third kappa shape index (κ3) is 2.50. The summed E-state index contributed by atoms with van der Waals surface area (Å²) in [5.74, 6) is 5.16. The molecule has 1 aliphatic heterocycles. The summed E-state index contributed by atoms with van der Waals surface area (Å²) in [6.07, 6.45) is 2.95. The fourth-order valence-corrected chi connectivity index (χ4v) is 5.49. The monoisotopic (exact) mass is 404 g/mol. The lowest BCUT2D eigenvalue weighted by molar-refractivity contribution is -0.0432. The number of nitrogens with zero attached hydrogens (tertiary/aromatic N) is 3. The molecule has 0 spiro atoms. The average Bonchev–Trinajstić information content (AvgIpc) is 3.36. The summed E-state index contributed by atoms with van der Waals surface area (Å²) < 4.78 is 17.3. The first-order chi connectivity index (χ1) is 13.8. The number of nitrogens with two attached hydrogens (primary N) is 1. The molecule has 8 nitrogen and oxygen atoms in total. The van der Waals surface area contributed by atoms with Crippen molar-refractivity contribution in [1.29, 1.82) is 0 Å². The topological polar surface area (TPSA) is 114 Å². The van der Waals surface area contributed by atoms with E-state index in [-0.39, 0.29) is 29.9 Å². The van der Waals surface area contributed by atoms with E-state index in [1.165, 1.54) is 10.6 Å². The molecular weight excluding hydrogens is 379 g/mol. The number of hydrogen-bond donors (Lipinski definition) is 3. The predicted molar refractivity (Wildman–Crippen MR) is 106 cm³/mol. The molecule has 1 aromatic carbocycles. The van der Waals surface area contributed by atoms with Crippen molar-refractivity contribution in [2.24, 2.45) is 11.8 Å². The molecular formula is C20H25FN4O4. The Bertz CT molecular complexity index is 1140. The summed E-state index contributed by atoms with van der Waals surface area (Å²) in [5.41, 5.74) is -1.09. The number of aromatic nitrogens is 2. The molecule has 3 aliphatic rings. The van der Waals surface area contributed by atoms with E-state index in [0.29, 0.717) is 41.0 Å². The fraction of sp³-hybridized carbons (Fsp3) is 0.600. The zero-order valence-corrected chi connectivity index (χ0v) is 16.3. The molecule has 156 valence electrons. The zero-order chi connectivity index (χ0) is 20.7. The normalized spacial score (nSPS) is 29.0. The first-order valence-corrected chi connectivity index (χ1v) is 10.1. The van der Waals surface area contributed by atoms with Crippen molar-refractivity contribution in [3.63, 3.8) is 0 Å². The van der Waals surface area contributed by atoms with Crippen LogP contribution in [0.15, 0.2) is 15.7 Å². The number of aliphatic hydroxyl groups is 2. The molecule has 3 atom stereocenters. The first-order valence-electron chi connectivity index (χ1n) is 10.1. The third-order valence-corrected chi connectivity index (χ3v) is 7.15. The van der Waals surface area contributed by atoms with E-state index in [4.69, 9.17) is 5.84 Å². The number of nitrogen functional groups attached to an aromatic ring is 1. The van der Waals surface area contributed by atoms with E-state index >= 15 is 4.39 Å². The smallest absolute Gasteiger partial charge is 0.350 e. The van der Waals surface area contributed by atoms with E-state index in [1.54, 1.807) is 6.92 Å². The number of halogens is 1. The molecule has 2 heterocycles. The van der Waals surface area contributed by atoms with Gasteiger partial charge in [-0.15, -0.1) is 0 Å². The van der Waals surface area contributed by atoms with E-state index in [0.717, 1.165) is 19.3 Å². The van der Waals surface area contributed by atoms with Crippen molar-refractivity contribution < 1.29 is 14.6 Å². The Morgan fingerprint density at radius 2 is 2.00 bits per heavy atom. The SMILES string of the molecule is Cc1c(N2CC3CCC(O)(CO)C3C2)c(F)cc2c(=O)n(N)c(=O)n(C3CC3)c12. The number of benzene rings is 1. The maximum Gasteiger partial charge on any atom is 0.350 e. The van der Waals surface area contributed by atoms with Crippen LogP contribution in [0.25, 0.3) is 10.9 Å². The van der Waals surface area contributed by atoms with E-state index in [2.05, 4.69) is 0 Å². The molecule has 3 unspecified atom stereocenters. The van der Waals surface area contributed by atoms with Crippen molar-refractivity contribution >= 4 is 16.6 Å². The molecule has 4 N–H and O–H groups in total. The molecule has 1 aromatic heterocycles. The van der Waals surface area contributed by atoms with Gasteiger partial charge in [-0.1, -0.05) is 0 Å². The van der Waals surface area contributed by atoms with Gasteiger partial charge in [0.25, 0.3) is 5.56 Å². The van der Waals surface area contributed by atoms with Gasteiger partial charge in [-0.2, -0.15) is 4.68 Å². The largest absolute Gasteiger partial charge is 0.393 e. The Morgan fingerprint density at radius 3 is 2.66 bits per heavy atom. The first kappa shape index (κ1) is 18.6. The maximum atomic E-state index is 15.2. The van der Waals surface area contributed by atoms with Crippen LogP contribution in [0.3, 0.4) is 0 Å². The lowest BCUT2D eigenvalue weighted by Crippen LogP contribution is -2.45. The summed E-state index contributed by atoms with van der Waals surface area (Å²) in [5, 5.41) is 20.4. The Labute approximate surface area is 165 Å². The summed E-state index contributed by atoms with van der Waals surface area (Å²) in [4.78, 5) is 27.1. The number of rotatable bonds is 3. The van der Waals surface area contributed by atoms with Crippen LogP contribution in [0.1, 0.15) is 37.3 Å². The molecule has 29 heavy (non-hydrogen) atoms. The highest BCUT2D eigenvalue weighted by Crippen LogP contribution is 2.47. The molecule has 2 aromatic rings. The van der Waals surface area contributed by atoms with Crippen LogP contribution in [-0.4, -0.2) is 44.8 Å². The molecule has 9 heteroatoms. The third-order valence-electron chi connectivity index (χ3n) is 7.15. The second-order valence-electron chi connectivity index (χ2n) is 8.86. The standard InChI is InChI=1S/C20H25FN4O4/c1-10-16-13(18(27)25(22)19(28)24(16)12-2-3-12)6-15(21)17(10)23-7-11-4-5-20(29,9-26)14(11)8-23/h6,11-12,14,26,29H,2-5,7-9,22H2,1H3. The summed E-state index contributed by atoms with van der Waals surface area (Å²) >= 11 is 0. The van der Waals surface area contributed by atoms with Gasteiger partial charge in [0.2, 0.25) is 0 Å². The van der Waals surface area contributed by atoms with Crippen LogP contribution >= 0.6 is 0 Å². The number of anilines is 1. The van der Waals surface area contributed by atoms with Crippen molar-refractivity contribution in [2.75, 3.05) is 30.4 Å². The van der Waals surface area contributed by atoms with Gasteiger partial charge < -0.3 is 21.0 Å². The van der Waals surface area contributed by atoms with Gasteiger partial charge in [0, 0.05) is 30.6 Å². The van der Waals surface area contributed by atoms with E-state index in [9.17, 15) is 19.8 Å². The highest BCUT2D eigenvalue weighted by atomic mass is 19.1. The highest BCUT2D eigenvalue weighted by Gasteiger charge is 2.51. The molecule has 0 bridgehead atoms.